The molecular formula is C21H16FN3O3S. The lowest BCUT2D eigenvalue weighted by Gasteiger charge is -2.14. The van der Waals surface area contributed by atoms with Crippen LogP contribution in [0.25, 0.3) is 10.4 Å². The number of nitriles is 1. The average molecular weight is 409 g/mol. The Morgan fingerprint density at radius 1 is 1.03 bits per heavy atom. The van der Waals surface area contributed by atoms with E-state index >= 15 is 0 Å². The summed E-state index contributed by atoms with van der Waals surface area (Å²) in [7, 11) is 0. The van der Waals surface area contributed by atoms with Gasteiger partial charge in [-0.1, -0.05) is 12.1 Å². The maximum absolute atomic E-state index is 13.0. The van der Waals surface area contributed by atoms with E-state index in [1.54, 1.807) is 48.5 Å². The van der Waals surface area contributed by atoms with Crippen LogP contribution in [0.5, 0.6) is 5.75 Å². The molecule has 2 amide bonds. The Bertz CT molecular complexity index is 1060. The van der Waals surface area contributed by atoms with E-state index in [-0.39, 0.29) is 5.82 Å². The Morgan fingerprint density at radius 3 is 2.38 bits per heavy atom. The first-order valence-electron chi connectivity index (χ1n) is 8.59. The zero-order chi connectivity index (χ0) is 20.8. The van der Waals surface area contributed by atoms with Crippen LogP contribution in [-0.2, 0) is 4.79 Å². The van der Waals surface area contributed by atoms with E-state index in [2.05, 4.69) is 10.9 Å². The molecule has 0 aliphatic carbocycles. The quantitative estimate of drug-likeness (QED) is 0.629. The number of carbonyl (C=O) groups is 2. The summed E-state index contributed by atoms with van der Waals surface area (Å²) >= 11 is 1.22. The number of amides is 2. The molecule has 0 aliphatic rings. The molecule has 0 radical (unpaired) electrons. The largest absolute Gasteiger partial charge is 0.481 e. The minimum absolute atomic E-state index is 0.330. The van der Waals surface area contributed by atoms with Gasteiger partial charge in [0, 0.05) is 4.88 Å². The molecule has 0 fully saturated rings. The summed E-state index contributed by atoms with van der Waals surface area (Å²) in [6, 6.07) is 17.7. The molecule has 6 nitrogen and oxygen atoms in total. The molecule has 8 heteroatoms. The molecule has 0 aliphatic heterocycles. The monoisotopic (exact) mass is 409 g/mol. The molecule has 29 heavy (non-hydrogen) atoms. The summed E-state index contributed by atoms with van der Waals surface area (Å²) in [6.07, 6.45) is -0.860. The highest BCUT2D eigenvalue weighted by atomic mass is 32.1. The Hall–Kier alpha value is -3.70. The van der Waals surface area contributed by atoms with Gasteiger partial charge in [0.2, 0.25) is 0 Å². The van der Waals surface area contributed by atoms with E-state index in [1.807, 2.05) is 6.07 Å². The third kappa shape index (κ3) is 5.18. The molecule has 0 saturated carbocycles. The summed E-state index contributed by atoms with van der Waals surface area (Å²) in [5.41, 5.74) is 5.95. The van der Waals surface area contributed by atoms with Crippen LogP contribution in [0.4, 0.5) is 4.39 Å². The first-order chi connectivity index (χ1) is 14.0. The van der Waals surface area contributed by atoms with Crippen LogP contribution in [0, 0.1) is 17.1 Å². The molecule has 2 aromatic carbocycles. The fraction of sp³-hybridized carbons (Fsp3) is 0.0952. The van der Waals surface area contributed by atoms with Crippen molar-refractivity contribution in [2.24, 2.45) is 0 Å². The number of nitrogens with one attached hydrogen (secondary N) is 2. The molecular weight excluding hydrogens is 393 g/mol. The standard InChI is InChI=1S/C21H16FN3O3S/c1-13(28-17-8-2-14(12-23)3-9-17)20(26)24-25-21(27)19-11-10-18(29-19)15-4-6-16(22)7-5-15/h2-11,13H,1H3,(H,24,26)(H,25,27). The van der Waals surface area contributed by atoms with Crippen molar-refractivity contribution in [2.45, 2.75) is 13.0 Å². The third-order valence-corrected chi connectivity index (χ3v) is 5.06. The summed E-state index contributed by atoms with van der Waals surface area (Å²) in [5, 5.41) is 8.78. The molecule has 2 N–H and O–H groups in total. The lowest BCUT2D eigenvalue weighted by molar-refractivity contribution is -0.128. The van der Waals surface area contributed by atoms with E-state index in [0.717, 1.165) is 10.4 Å². The molecule has 3 rings (SSSR count). The maximum atomic E-state index is 13.0. The average Bonchev–Trinajstić information content (AvgIpc) is 3.23. The minimum atomic E-state index is -0.860. The van der Waals surface area contributed by atoms with Gasteiger partial charge in [-0.05, 0) is 61.0 Å². The number of rotatable bonds is 5. The van der Waals surface area contributed by atoms with Crippen molar-refractivity contribution < 1.29 is 18.7 Å². The van der Waals surface area contributed by atoms with Crippen LogP contribution in [0.2, 0.25) is 0 Å². The van der Waals surface area contributed by atoms with Gasteiger partial charge in [0.15, 0.2) is 6.10 Å². The Kier molecular flexibility index (Phi) is 6.22. The smallest absolute Gasteiger partial charge is 0.279 e. The lowest BCUT2D eigenvalue weighted by atomic mass is 10.2. The summed E-state index contributed by atoms with van der Waals surface area (Å²) in [5.74, 6) is -0.899. The van der Waals surface area contributed by atoms with Crippen LogP contribution in [0.3, 0.4) is 0 Å². The van der Waals surface area contributed by atoms with Crippen LogP contribution in [0.1, 0.15) is 22.2 Å². The highest BCUT2D eigenvalue weighted by Gasteiger charge is 2.17. The van der Waals surface area contributed by atoms with Crippen LogP contribution in [-0.4, -0.2) is 17.9 Å². The van der Waals surface area contributed by atoms with E-state index in [4.69, 9.17) is 10.00 Å². The number of nitrogens with zero attached hydrogens (tertiary/aromatic N) is 1. The van der Waals surface area contributed by atoms with Crippen LogP contribution < -0.4 is 15.6 Å². The molecule has 1 heterocycles. The van der Waals surface area contributed by atoms with Gasteiger partial charge in [0.1, 0.15) is 11.6 Å². The fourth-order valence-corrected chi connectivity index (χ4v) is 3.28. The van der Waals surface area contributed by atoms with Crippen molar-refractivity contribution in [2.75, 3.05) is 0 Å². The second-order valence-corrected chi connectivity index (χ2v) is 7.09. The highest BCUT2D eigenvalue weighted by molar-refractivity contribution is 7.17. The summed E-state index contributed by atoms with van der Waals surface area (Å²) < 4.78 is 18.5. The first-order valence-corrected chi connectivity index (χ1v) is 9.40. The lowest BCUT2D eigenvalue weighted by Crippen LogP contribution is -2.47. The summed E-state index contributed by atoms with van der Waals surface area (Å²) in [6.45, 7) is 1.54. The summed E-state index contributed by atoms with van der Waals surface area (Å²) in [4.78, 5) is 25.6. The second kappa shape index (κ2) is 8.99. The number of hydrogen-bond acceptors (Lipinski definition) is 5. The molecule has 0 spiro atoms. The number of halogens is 1. The van der Waals surface area contributed by atoms with Crippen LogP contribution in [0.15, 0.2) is 60.7 Å². The van der Waals surface area contributed by atoms with Gasteiger partial charge in [-0.2, -0.15) is 5.26 Å². The molecule has 1 unspecified atom stereocenters. The normalized spacial score (nSPS) is 11.2. The Labute approximate surface area is 170 Å². The van der Waals surface area contributed by atoms with Gasteiger partial charge in [0.05, 0.1) is 16.5 Å². The number of hydrazine groups is 1. The van der Waals surface area contributed by atoms with Gasteiger partial charge < -0.3 is 4.74 Å². The minimum Gasteiger partial charge on any atom is -0.481 e. The van der Waals surface area contributed by atoms with Gasteiger partial charge in [-0.15, -0.1) is 11.3 Å². The molecule has 0 bridgehead atoms. The first kappa shape index (κ1) is 20.0. The Morgan fingerprint density at radius 2 is 1.72 bits per heavy atom. The predicted octanol–water partition coefficient (Wildman–Crippen LogP) is 3.65. The highest BCUT2D eigenvalue weighted by Crippen LogP contribution is 2.28. The Balaban J connectivity index is 1.53. The van der Waals surface area contributed by atoms with Crippen molar-refractivity contribution in [3.63, 3.8) is 0 Å². The van der Waals surface area contributed by atoms with E-state index in [0.29, 0.717) is 16.2 Å². The van der Waals surface area contributed by atoms with Crippen molar-refractivity contribution in [3.8, 4) is 22.3 Å². The van der Waals surface area contributed by atoms with E-state index in [1.165, 1.54) is 30.4 Å². The number of benzene rings is 2. The van der Waals surface area contributed by atoms with Gasteiger partial charge in [0.25, 0.3) is 11.8 Å². The van der Waals surface area contributed by atoms with Crippen LogP contribution >= 0.6 is 11.3 Å². The number of carbonyl (C=O) groups excluding carboxylic acids is 2. The maximum Gasteiger partial charge on any atom is 0.279 e. The predicted molar refractivity (Wildman–Crippen MR) is 107 cm³/mol. The van der Waals surface area contributed by atoms with Gasteiger partial charge in [-0.3, -0.25) is 20.4 Å². The zero-order valence-corrected chi connectivity index (χ0v) is 16.1. The van der Waals surface area contributed by atoms with E-state index < -0.39 is 17.9 Å². The van der Waals surface area contributed by atoms with Gasteiger partial charge in [-0.25, -0.2) is 4.39 Å². The van der Waals surface area contributed by atoms with Crippen molar-refractivity contribution in [1.82, 2.24) is 10.9 Å². The number of thiophene rings is 1. The molecule has 0 saturated heterocycles. The molecule has 3 aromatic rings. The molecule has 1 aromatic heterocycles. The second-order valence-electron chi connectivity index (χ2n) is 6.01. The van der Waals surface area contributed by atoms with Crippen molar-refractivity contribution in [3.05, 3.63) is 76.9 Å². The molecule has 1 atom stereocenters. The fourth-order valence-electron chi connectivity index (χ4n) is 2.38. The van der Waals surface area contributed by atoms with Crippen molar-refractivity contribution in [1.29, 1.82) is 5.26 Å². The van der Waals surface area contributed by atoms with Crippen molar-refractivity contribution >= 4 is 23.2 Å². The SMILES string of the molecule is CC(Oc1ccc(C#N)cc1)C(=O)NNC(=O)c1ccc(-c2ccc(F)cc2)s1. The third-order valence-electron chi connectivity index (χ3n) is 3.92. The number of hydrogen-bond donors (Lipinski definition) is 2. The zero-order valence-electron chi connectivity index (χ0n) is 15.3. The topological polar surface area (TPSA) is 91.2 Å². The number of ether oxygens (including phenoxy) is 1. The molecule has 146 valence electrons. The van der Waals surface area contributed by atoms with E-state index in [9.17, 15) is 14.0 Å². The van der Waals surface area contributed by atoms with Gasteiger partial charge >= 0.3 is 0 Å².